The van der Waals surface area contributed by atoms with E-state index in [0.717, 1.165) is 13.1 Å². The van der Waals surface area contributed by atoms with E-state index in [1.807, 2.05) is 0 Å². The first-order chi connectivity index (χ1) is 11.8. The number of aromatic nitrogens is 4. The Morgan fingerprint density at radius 3 is 1.65 bits per heavy atom. The Hall–Kier alpha value is -1.78. The van der Waals surface area contributed by atoms with E-state index in [0.29, 0.717) is 0 Å². The molecule has 0 saturated carbocycles. The van der Waals surface area contributed by atoms with Crippen molar-refractivity contribution in [1.29, 1.82) is 0 Å². The van der Waals surface area contributed by atoms with Gasteiger partial charge in [0.2, 0.25) is 12.7 Å². The highest BCUT2D eigenvalue weighted by molar-refractivity contribution is 5.43. The van der Waals surface area contributed by atoms with Crippen LogP contribution in [0.1, 0.15) is 39.5 Å². The number of hydrogen-bond acceptors (Lipinski definition) is 0. The van der Waals surface area contributed by atoms with Gasteiger partial charge < -0.3 is 24.8 Å². The van der Waals surface area contributed by atoms with E-state index in [1.54, 1.807) is 0 Å². The average molecular weight is 395 g/mol. The standard InChI is InChI=1S/C20H28N4.2ClH/c1-3-5-10-21-12-14-23(17-21)19-8-7-9-20(16-19)24-15-13-22(18-24)11-6-4-2;;/h7-9,12-18H,3-6,10-11H2,1-2H3;2*1H/q+2;;/p-2. The maximum absolute atomic E-state index is 2.25. The van der Waals surface area contributed by atoms with Gasteiger partial charge in [0, 0.05) is 6.07 Å². The molecule has 0 aliphatic heterocycles. The van der Waals surface area contributed by atoms with Gasteiger partial charge in [-0.05, 0) is 25.0 Å². The van der Waals surface area contributed by atoms with Crippen LogP contribution in [0.5, 0.6) is 0 Å². The second-order valence-electron chi connectivity index (χ2n) is 6.34. The van der Waals surface area contributed by atoms with E-state index in [9.17, 15) is 0 Å². The second kappa shape index (κ2) is 11.0. The zero-order valence-corrected chi connectivity index (χ0v) is 17.1. The fourth-order valence-corrected chi connectivity index (χ4v) is 2.85. The normalized spacial score (nSPS) is 10.2. The average Bonchev–Trinajstić information content (AvgIpc) is 3.28. The minimum Gasteiger partial charge on any atom is -1.00 e. The molecule has 0 amide bonds. The maximum atomic E-state index is 2.25. The smallest absolute Gasteiger partial charge is 0.248 e. The molecule has 0 spiro atoms. The number of rotatable bonds is 8. The van der Waals surface area contributed by atoms with Gasteiger partial charge >= 0.3 is 0 Å². The van der Waals surface area contributed by atoms with Gasteiger partial charge in [-0.25, -0.2) is 18.3 Å². The number of nitrogens with zero attached hydrogens (tertiary/aromatic N) is 4. The zero-order chi connectivity index (χ0) is 16.8. The summed E-state index contributed by atoms with van der Waals surface area (Å²) in [7, 11) is 0. The highest BCUT2D eigenvalue weighted by Gasteiger charge is 2.11. The van der Waals surface area contributed by atoms with Crippen LogP contribution in [0.4, 0.5) is 0 Å². The lowest BCUT2D eigenvalue weighted by atomic mass is 10.2. The van der Waals surface area contributed by atoms with Crippen molar-refractivity contribution in [3.05, 3.63) is 61.7 Å². The fourth-order valence-electron chi connectivity index (χ4n) is 2.85. The Morgan fingerprint density at radius 1 is 0.769 bits per heavy atom. The van der Waals surface area contributed by atoms with E-state index >= 15 is 0 Å². The van der Waals surface area contributed by atoms with Crippen molar-refractivity contribution in [1.82, 2.24) is 9.13 Å². The van der Waals surface area contributed by atoms with Crippen LogP contribution in [0.3, 0.4) is 0 Å². The minimum atomic E-state index is 0. The van der Waals surface area contributed by atoms with Gasteiger partial charge in [-0.3, -0.25) is 0 Å². The molecule has 0 unspecified atom stereocenters. The quantitative estimate of drug-likeness (QED) is 0.374. The molecule has 2 aromatic heterocycles. The third kappa shape index (κ3) is 5.61. The van der Waals surface area contributed by atoms with E-state index in [-0.39, 0.29) is 24.8 Å². The summed E-state index contributed by atoms with van der Waals surface area (Å²) >= 11 is 0. The Bertz CT molecular complexity index is 718. The number of hydrogen-bond donors (Lipinski definition) is 0. The van der Waals surface area contributed by atoms with Gasteiger partial charge in [0.05, 0.1) is 13.1 Å². The minimum absolute atomic E-state index is 0. The third-order valence-electron chi connectivity index (χ3n) is 4.35. The van der Waals surface area contributed by atoms with Crippen LogP contribution in [-0.4, -0.2) is 9.13 Å². The predicted molar refractivity (Wildman–Crippen MR) is 95.3 cm³/mol. The molecule has 0 aliphatic rings. The summed E-state index contributed by atoms with van der Waals surface area (Å²) in [5.74, 6) is 0. The highest BCUT2D eigenvalue weighted by atomic mass is 35.5. The molecule has 3 aromatic rings. The molecule has 0 bridgehead atoms. The van der Waals surface area contributed by atoms with E-state index in [2.05, 4.69) is 93.8 Å². The summed E-state index contributed by atoms with van der Waals surface area (Å²) in [6.07, 6.45) is 17.8. The van der Waals surface area contributed by atoms with Crippen molar-refractivity contribution in [2.75, 3.05) is 0 Å². The molecule has 3 rings (SSSR count). The van der Waals surface area contributed by atoms with Crippen LogP contribution in [0.25, 0.3) is 11.4 Å². The van der Waals surface area contributed by atoms with Crippen molar-refractivity contribution >= 4 is 0 Å². The third-order valence-corrected chi connectivity index (χ3v) is 4.35. The zero-order valence-electron chi connectivity index (χ0n) is 15.6. The van der Waals surface area contributed by atoms with E-state index in [4.69, 9.17) is 0 Å². The Labute approximate surface area is 168 Å². The van der Waals surface area contributed by atoms with Gasteiger partial charge in [-0.15, -0.1) is 0 Å². The summed E-state index contributed by atoms with van der Waals surface area (Å²) in [5, 5.41) is 0. The lowest BCUT2D eigenvalue weighted by molar-refractivity contribution is -0.696. The molecule has 4 nitrogen and oxygen atoms in total. The summed E-state index contributed by atoms with van der Waals surface area (Å²) in [4.78, 5) is 0. The Balaban J connectivity index is 0.00000169. The Kier molecular flexibility index (Phi) is 9.46. The maximum Gasteiger partial charge on any atom is 0.248 e. The van der Waals surface area contributed by atoms with Crippen molar-refractivity contribution in [2.24, 2.45) is 0 Å². The predicted octanol–water partition coefficient (Wildman–Crippen LogP) is -2.55. The molecular weight excluding hydrogens is 367 g/mol. The van der Waals surface area contributed by atoms with Crippen molar-refractivity contribution in [2.45, 2.75) is 52.6 Å². The monoisotopic (exact) mass is 394 g/mol. The van der Waals surface area contributed by atoms with Gasteiger partial charge in [-0.2, -0.15) is 0 Å². The first kappa shape index (κ1) is 22.3. The molecule has 0 atom stereocenters. The fraction of sp³-hybridized carbons (Fsp3) is 0.400. The van der Waals surface area contributed by atoms with Gasteiger partial charge in [-0.1, -0.05) is 32.8 Å². The number of aryl methyl sites for hydroxylation is 2. The van der Waals surface area contributed by atoms with Crippen LogP contribution in [0.2, 0.25) is 0 Å². The molecule has 26 heavy (non-hydrogen) atoms. The second-order valence-corrected chi connectivity index (χ2v) is 6.34. The van der Waals surface area contributed by atoms with Crippen LogP contribution >= 0.6 is 0 Å². The SMILES string of the molecule is CCCC[n+]1ccn(-c2cccc(-n3cc[n+](CCCC)c3)c2)c1.[Cl-].[Cl-]. The molecule has 2 heterocycles. The van der Waals surface area contributed by atoms with E-state index < -0.39 is 0 Å². The topological polar surface area (TPSA) is 17.6 Å². The largest absolute Gasteiger partial charge is 1.00 e. The lowest BCUT2D eigenvalue weighted by Crippen LogP contribution is -3.00. The molecule has 0 fully saturated rings. The molecule has 0 aliphatic carbocycles. The van der Waals surface area contributed by atoms with Crippen LogP contribution in [0.15, 0.2) is 61.7 Å². The van der Waals surface area contributed by atoms with Crippen LogP contribution < -0.4 is 33.9 Å². The summed E-state index contributed by atoms with van der Waals surface area (Å²) < 4.78 is 8.89. The molecule has 0 radical (unpaired) electrons. The first-order valence-corrected chi connectivity index (χ1v) is 9.05. The highest BCUT2D eigenvalue weighted by Crippen LogP contribution is 2.13. The van der Waals surface area contributed by atoms with Gasteiger partial charge in [0.1, 0.15) is 36.2 Å². The first-order valence-electron chi connectivity index (χ1n) is 9.05. The van der Waals surface area contributed by atoms with Crippen LogP contribution in [-0.2, 0) is 13.1 Å². The summed E-state index contributed by atoms with van der Waals surface area (Å²) in [6.45, 7) is 6.62. The van der Waals surface area contributed by atoms with Crippen molar-refractivity contribution < 1.29 is 33.9 Å². The summed E-state index contributed by atoms with van der Waals surface area (Å²) in [6, 6.07) is 8.66. The van der Waals surface area contributed by atoms with Crippen molar-refractivity contribution in [3.63, 3.8) is 0 Å². The number of halogens is 2. The molecular formula is C20H28Cl2N4. The van der Waals surface area contributed by atoms with Crippen molar-refractivity contribution in [3.8, 4) is 11.4 Å². The molecule has 0 saturated heterocycles. The van der Waals surface area contributed by atoms with Gasteiger partial charge in [0.25, 0.3) is 0 Å². The Morgan fingerprint density at radius 2 is 1.23 bits per heavy atom. The van der Waals surface area contributed by atoms with Crippen LogP contribution in [0, 0.1) is 0 Å². The number of benzene rings is 1. The number of unbranched alkanes of at least 4 members (excludes halogenated alkanes) is 2. The summed E-state index contributed by atoms with van der Waals surface area (Å²) in [5.41, 5.74) is 2.38. The van der Waals surface area contributed by atoms with Gasteiger partial charge in [0.15, 0.2) is 0 Å². The number of imidazole rings is 2. The van der Waals surface area contributed by atoms with E-state index in [1.165, 1.54) is 37.1 Å². The molecule has 1 aromatic carbocycles. The molecule has 0 N–H and O–H groups in total. The molecule has 6 heteroatoms. The lowest BCUT2D eigenvalue weighted by Gasteiger charge is -1.99. The molecule has 142 valence electrons.